The van der Waals surface area contributed by atoms with E-state index < -0.39 is 0 Å². The highest BCUT2D eigenvalue weighted by Gasteiger charge is 2.13. The topological polar surface area (TPSA) is 0 Å². The van der Waals surface area contributed by atoms with Gasteiger partial charge >= 0.3 is 0 Å². The minimum Gasteiger partial charge on any atom is -0.0804 e. The number of hydrogen-bond donors (Lipinski definition) is 0. The van der Waals surface area contributed by atoms with E-state index in [-0.39, 0.29) is 0 Å². The van der Waals surface area contributed by atoms with E-state index in [0.29, 0.717) is 0 Å². The first kappa shape index (κ1) is 17.6. The summed E-state index contributed by atoms with van der Waals surface area (Å²) in [6.45, 7) is 4.51. The summed E-state index contributed by atoms with van der Waals surface area (Å²) in [6.07, 6.45) is 9.86. The average molecular weight is 328 g/mol. The van der Waals surface area contributed by atoms with Gasteiger partial charge in [0.2, 0.25) is 0 Å². The number of benzene rings is 2. The Labute approximate surface area is 153 Å². The monoisotopic (exact) mass is 328 g/mol. The Morgan fingerprint density at radius 2 is 1.52 bits per heavy atom. The Kier molecular flexibility index (Phi) is 6.13. The van der Waals surface area contributed by atoms with E-state index in [2.05, 4.69) is 80.3 Å². The molecule has 128 valence electrons. The molecule has 0 N–H and O–H groups in total. The first-order chi connectivity index (χ1) is 12.3. The lowest BCUT2D eigenvalue weighted by Gasteiger charge is -2.20. The normalized spacial score (nSPS) is 16.7. The van der Waals surface area contributed by atoms with E-state index >= 15 is 0 Å². The van der Waals surface area contributed by atoms with Crippen LogP contribution < -0.4 is 0 Å². The minimum atomic E-state index is 0.887. The van der Waals surface area contributed by atoms with Gasteiger partial charge in [-0.25, -0.2) is 0 Å². The summed E-state index contributed by atoms with van der Waals surface area (Å²) < 4.78 is 0. The van der Waals surface area contributed by atoms with Crippen molar-refractivity contribution >= 4 is 5.57 Å². The number of hydrogen-bond acceptors (Lipinski definition) is 0. The molecule has 0 bridgehead atoms. The second-order valence-corrected chi connectivity index (χ2v) is 7.05. The van der Waals surface area contributed by atoms with E-state index in [9.17, 15) is 0 Å². The number of aryl methyl sites for hydroxylation is 1. The Bertz CT molecular complexity index is 764. The van der Waals surface area contributed by atoms with Crippen LogP contribution in [0.25, 0.3) is 5.57 Å². The third kappa shape index (κ3) is 4.86. The van der Waals surface area contributed by atoms with Gasteiger partial charge in [0.05, 0.1) is 0 Å². The average Bonchev–Trinajstić information content (AvgIpc) is 2.68. The zero-order chi connectivity index (χ0) is 17.5. The highest BCUT2D eigenvalue weighted by molar-refractivity contribution is 5.67. The van der Waals surface area contributed by atoms with Gasteiger partial charge in [0.25, 0.3) is 0 Å². The first-order valence-electron chi connectivity index (χ1n) is 9.69. The van der Waals surface area contributed by atoms with Gasteiger partial charge < -0.3 is 0 Å². The fourth-order valence-corrected chi connectivity index (χ4v) is 3.48. The molecular weight excluding hydrogens is 300 g/mol. The van der Waals surface area contributed by atoms with Gasteiger partial charge in [-0.2, -0.15) is 0 Å². The fourth-order valence-electron chi connectivity index (χ4n) is 3.48. The van der Waals surface area contributed by atoms with Crippen LogP contribution in [0.1, 0.15) is 68.2 Å². The summed E-state index contributed by atoms with van der Waals surface area (Å²) in [5, 5.41) is 0. The van der Waals surface area contributed by atoms with Gasteiger partial charge in [0.1, 0.15) is 0 Å². The van der Waals surface area contributed by atoms with Gasteiger partial charge in [0.15, 0.2) is 0 Å². The maximum atomic E-state index is 3.29. The van der Waals surface area contributed by atoms with Crippen LogP contribution in [0.2, 0.25) is 0 Å². The van der Waals surface area contributed by atoms with Crippen LogP contribution in [0.15, 0.2) is 54.6 Å². The lowest BCUT2D eigenvalue weighted by Crippen LogP contribution is -2.03. The Morgan fingerprint density at radius 1 is 0.880 bits per heavy atom. The number of allylic oxidation sites excluding steroid dienone is 2. The van der Waals surface area contributed by atoms with Crippen molar-refractivity contribution in [1.82, 2.24) is 0 Å². The summed E-state index contributed by atoms with van der Waals surface area (Å²) in [7, 11) is 0. The largest absolute Gasteiger partial charge is 0.0804 e. The van der Waals surface area contributed by atoms with Crippen molar-refractivity contribution in [2.75, 3.05) is 0 Å². The lowest BCUT2D eigenvalue weighted by atomic mass is 9.85. The zero-order valence-corrected chi connectivity index (χ0v) is 15.5. The summed E-state index contributed by atoms with van der Waals surface area (Å²) in [5.41, 5.74) is 6.44. The summed E-state index contributed by atoms with van der Waals surface area (Å²) in [6, 6.07) is 17.4. The summed E-state index contributed by atoms with van der Waals surface area (Å²) in [5.74, 6) is 7.45. The van der Waals surface area contributed by atoms with E-state index in [1.54, 1.807) is 0 Å². The molecule has 0 saturated carbocycles. The molecule has 0 amide bonds. The van der Waals surface area contributed by atoms with Crippen LogP contribution in [0.5, 0.6) is 0 Å². The second-order valence-electron chi connectivity index (χ2n) is 7.05. The maximum Gasteiger partial charge on any atom is 0.0249 e. The molecule has 1 atom stereocenters. The molecule has 1 unspecified atom stereocenters. The second kappa shape index (κ2) is 8.72. The van der Waals surface area contributed by atoms with Crippen LogP contribution in [-0.2, 0) is 6.42 Å². The van der Waals surface area contributed by atoms with Crippen LogP contribution in [0.4, 0.5) is 0 Å². The Balaban J connectivity index is 1.66. The van der Waals surface area contributed by atoms with Gasteiger partial charge in [-0.15, -0.1) is 0 Å². The Morgan fingerprint density at radius 3 is 2.04 bits per heavy atom. The van der Waals surface area contributed by atoms with Gasteiger partial charge in [-0.1, -0.05) is 68.9 Å². The van der Waals surface area contributed by atoms with E-state index in [1.807, 2.05) is 0 Å². The molecule has 0 nitrogen and oxygen atoms in total. The zero-order valence-electron chi connectivity index (χ0n) is 15.5. The smallest absolute Gasteiger partial charge is 0.0249 e. The van der Waals surface area contributed by atoms with Gasteiger partial charge in [0, 0.05) is 11.1 Å². The predicted octanol–water partition coefficient (Wildman–Crippen LogP) is 6.63. The third-order valence-electron chi connectivity index (χ3n) is 5.20. The van der Waals surface area contributed by atoms with Gasteiger partial charge in [-0.3, -0.25) is 0 Å². The van der Waals surface area contributed by atoms with Crippen molar-refractivity contribution in [1.29, 1.82) is 0 Å². The molecule has 0 radical (unpaired) electrons. The van der Waals surface area contributed by atoms with E-state index in [4.69, 9.17) is 0 Å². The maximum absolute atomic E-state index is 3.29. The molecule has 25 heavy (non-hydrogen) atoms. The van der Waals surface area contributed by atoms with Crippen LogP contribution >= 0.6 is 0 Å². The Hall–Kier alpha value is -2.26. The van der Waals surface area contributed by atoms with Gasteiger partial charge in [-0.05, 0) is 72.6 Å². The molecule has 0 fully saturated rings. The molecule has 2 aromatic carbocycles. The standard InChI is InChI=1S/C25H28/c1-3-5-21-6-8-22(9-7-21)10-11-23-14-18-25(19-15-23)24-16-12-20(4-2)13-17-24/h6-9,14-16,18-20H,3-5,12-13,17H2,1-2H3. The first-order valence-corrected chi connectivity index (χ1v) is 9.69. The van der Waals surface area contributed by atoms with Crippen LogP contribution in [0, 0.1) is 17.8 Å². The molecule has 0 spiro atoms. The molecule has 1 aliphatic carbocycles. The highest BCUT2D eigenvalue weighted by atomic mass is 14.2. The summed E-state index contributed by atoms with van der Waals surface area (Å²) >= 11 is 0. The molecule has 0 heteroatoms. The molecular formula is C25H28. The van der Waals surface area contributed by atoms with Crippen molar-refractivity contribution in [2.45, 2.75) is 52.4 Å². The summed E-state index contributed by atoms with van der Waals surface area (Å²) in [4.78, 5) is 0. The number of rotatable bonds is 4. The van der Waals surface area contributed by atoms with Crippen LogP contribution in [0.3, 0.4) is 0 Å². The fraction of sp³-hybridized carbons (Fsp3) is 0.360. The quantitative estimate of drug-likeness (QED) is 0.552. The highest BCUT2D eigenvalue weighted by Crippen LogP contribution is 2.31. The molecule has 0 heterocycles. The molecule has 0 saturated heterocycles. The lowest BCUT2D eigenvalue weighted by molar-refractivity contribution is 0.471. The van der Waals surface area contributed by atoms with Crippen molar-refractivity contribution in [2.24, 2.45) is 5.92 Å². The molecule has 3 rings (SSSR count). The SMILES string of the molecule is CCCc1ccc(C#Cc2ccc(C3=CCC(CC)CC3)cc2)cc1. The van der Waals surface area contributed by atoms with Crippen molar-refractivity contribution in [3.63, 3.8) is 0 Å². The van der Waals surface area contributed by atoms with Crippen LogP contribution in [-0.4, -0.2) is 0 Å². The predicted molar refractivity (Wildman–Crippen MR) is 108 cm³/mol. The molecule has 0 aliphatic heterocycles. The molecule has 0 aromatic heterocycles. The van der Waals surface area contributed by atoms with Crippen molar-refractivity contribution in [3.05, 3.63) is 76.9 Å². The third-order valence-corrected chi connectivity index (χ3v) is 5.20. The van der Waals surface area contributed by atoms with Crippen molar-refractivity contribution in [3.8, 4) is 11.8 Å². The van der Waals surface area contributed by atoms with E-state index in [0.717, 1.165) is 23.5 Å². The minimum absolute atomic E-state index is 0.887. The molecule has 2 aromatic rings. The van der Waals surface area contributed by atoms with E-state index in [1.165, 1.54) is 48.8 Å². The molecule has 1 aliphatic rings. The van der Waals surface area contributed by atoms with Crippen molar-refractivity contribution < 1.29 is 0 Å².